The molecule has 0 aliphatic carbocycles. The van der Waals surface area contributed by atoms with E-state index in [0.29, 0.717) is 6.54 Å². The van der Waals surface area contributed by atoms with Crippen molar-refractivity contribution >= 4 is 24.2 Å². The Balaban J connectivity index is 2.92. The fraction of sp³-hybridized carbons (Fsp3) is 0.333. The van der Waals surface area contributed by atoms with Crippen molar-refractivity contribution in [1.29, 1.82) is 0 Å². The molecule has 0 radical (unpaired) electrons. The lowest BCUT2D eigenvalue weighted by molar-refractivity contribution is 0.788. The van der Waals surface area contributed by atoms with Crippen molar-refractivity contribution in [2.75, 3.05) is 12.3 Å². The monoisotopic (exact) mass is 201 g/mol. The lowest BCUT2D eigenvalue weighted by atomic mass is 10.0. The second-order valence-electron chi connectivity index (χ2n) is 2.64. The fourth-order valence-electron chi connectivity index (χ4n) is 1.11. The van der Waals surface area contributed by atoms with E-state index in [1.165, 1.54) is 0 Å². The van der Waals surface area contributed by atoms with Crippen LogP contribution in [0, 0.1) is 0 Å². The van der Waals surface area contributed by atoms with E-state index in [1.807, 2.05) is 24.3 Å². The van der Waals surface area contributed by atoms with Crippen LogP contribution in [-0.4, -0.2) is 12.3 Å². The Labute approximate surface area is 83.3 Å². The van der Waals surface area contributed by atoms with Gasteiger partial charge in [0.05, 0.1) is 0 Å². The normalized spacial score (nSPS) is 12.9. The predicted octanol–water partition coefficient (Wildman–Crippen LogP) is 2.31. The van der Waals surface area contributed by atoms with Gasteiger partial charge in [-0.25, -0.2) is 0 Å². The third-order valence-electron chi connectivity index (χ3n) is 1.85. The zero-order chi connectivity index (χ0) is 8.97. The van der Waals surface area contributed by atoms with Gasteiger partial charge in [-0.05, 0) is 17.4 Å². The highest BCUT2D eigenvalue weighted by molar-refractivity contribution is 7.80. The minimum absolute atomic E-state index is 0.266. The van der Waals surface area contributed by atoms with Gasteiger partial charge in [-0.1, -0.05) is 29.8 Å². The Morgan fingerprint density at radius 1 is 1.42 bits per heavy atom. The number of thiol groups is 1. The van der Waals surface area contributed by atoms with Gasteiger partial charge in [0, 0.05) is 17.5 Å². The number of hydrogen-bond donors (Lipinski definition) is 2. The molecule has 2 N–H and O–H groups in total. The molecule has 1 atom stereocenters. The van der Waals surface area contributed by atoms with Crippen molar-refractivity contribution in [3.05, 3.63) is 34.9 Å². The number of nitrogens with two attached hydrogens (primary N) is 1. The topological polar surface area (TPSA) is 26.0 Å². The first-order chi connectivity index (χ1) is 5.79. The van der Waals surface area contributed by atoms with Gasteiger partial charge in [-0.3, -0.25) is 0 Å². The summed E-state index contributed by atoms with van der Waals surface area (Å²) in [5, 5.41) is 0.780. The van der Waals surface area contributed by atoms with Crippen LogP contribution in [0.4, 0.5) is 0 Å². The van der Waals surface area contributed by atoms with E-state index in [0.717, 1.165) is 16.3 Å². The lowest BCUT2D eigenvalue weighted by Crippen LogP contribution is -2.14. The number of rotatable bonds is 3. The Bertz CT molecular complexity index is 248. The van der Waals surface area contributed by atoms with Crippen molar-refractivity contribution in [3.63, 3.8) is 0 Å². The maximum atomic E-state index is 5.99. The maximum Gasteiger partial charge on any atom is 0.0441 e. The zero-order valence-electron chi connectivity index (χ0n) is 6.70. The van der Waals surface area contributed by atoms with Gasteiger partial charge in [0.1, 0.15) is 0 Å². The average Bonchev–Trinajstić information content (AvgIpc) is 2.10. The van der Waals surface area contributed by atoms with E-state index in [9.17, 15) is 0 Å². The molecule has 0 saturated carbocycles. The molecule has 1 rings (SSSR count). The molecule has 0 spiro atoms. The Hall–Kier alpha value is -0.180. The highest BCUT2D eigenvalue weighted by atomic mass is 35.5. The first kappa shape index (κ1) is 9.90. The molecule has 1 aromatic carbocycles. The van der Waals surface area contributed by atoms with E-state index in [-0.39, 0.29) is 5.92 Å². The van der Waals surface area contributed by atoms with E-state index in [2.05, 4.69) is 12.6 Å². The molecular weight excluding hydrogens is 190 g/mol. The third-order valence-corrected chi connectivity index (χ3v) is 2.63. The van der Waals surface area contributed by atoms with E-state index >= 15 is 0 Å². The summed E-state index contributed by atoms with van der Waals surface area (Å²) in [4.78, 5) is 0. The summed E-state index contributed by atoms with van der Waals surface area (Å²) < 4.78 is 0. The summed E-state index contributed by atoms with van der Waals surface area (Å²) in [6.07, 6.45) is 0. The van der Waals surface area contributed by atoms with E-state index < -0.39 is 0 Å². The van der Waals surface area contributed by atoms with Crippen LogP contribution < -0.4 is 5.73 Å². The first-order valence-corrected chi connectivity index (χ1v) is 4.86. The van der Waals surface area contributed by atoms with Crippen LogP contribution in [0.5, 0.6) is 0 Å². The Morgan fingerprint density at radius 3 is 2.58 bits per heavy atom. The minimum Gasteiger partial charge on any atom is -0.330 e. The van der Waals surface area contributed by atoms with Crippen molar-refractivity contribution in [2.45, 2.75) is 5.92 Å². The average molecular weight is 202 g/mol. The van der Waals surface area contributed by atoms with Crippen LogP contribution in [-0.2, 0) is 0 Å². The SMILES string of the molecule is NCC(CS)c1ccccc1Cl. The summed E-state index contributed by atoms with van der Waals surface area (Å²) in [6, 6.07) is 7.75. The van der Waals surface area contributed by atoms with Crippen molar-refractivity contribution in [2.24, 2.45) is 5.73 Å². The van der Waals surface area contributed by atoms with Crippen molar-refractivity contribution < 1.29 is 0 Å². The molecule has 0 saturated heterocycles. The summed E-state index contributed by atoms with van der Waals surface area (Å²) in [7, 11) is 0. The molecule has 66 valence electrons. The van der Waals surface area contributed by atoms with Gasteiger partial charge in [-0.2, -0.15) is 12.6 Å². The van der Waals surface area contributed by atoms with Crippen LogP contribution >= 0.6 is 24.2 Å². The molecule has 0 heterocycles. The lowest BCUT2D eigenvalue weighted by Gasteiger charge is -2.13. The molecule has 0 aliphatic rings. The first-order valence-electron chi connectivity index (χ1n) is 3.85. The zero-order valence-corrected chi connectivity index (χ0v) is 8.35. The van der Waals surface area contributed by atoms with E-state index in [4.69, 9.17) is 17.3 Å². The van der Waals surface area contributed by atoms with Gasteiger partial charge in [0.15, 0.2) is 0 Å². The van der Waals surface area contributed by atoms with Crippen molar-refractivity contribution in [1.82, 2.24) is 0 Å². The Morgan fingerprint density at radius 2 is 2.08 bits per heavy atom. The second-order valence-corrected chi connectivity index (χ2v) is 3.41. The molecule has 1 nitrogen and oxygen atoms in total. The molecule has 0 aromatic heterocycles. The molecule has 0 aliphatic heterocycles. The molecule has 3 heteroatoms. The predicted molar refractivity (Wildman–Crippen MR) is 57.1 cm³/mol. The smallest absolute Gasteiger partial charge is 0.0441 e. The molecule has 0 bridgehead atoms. The molecular formula is C9H12ClNS. The largest absolute Gasteiger partial charge is 0.330 e. The standard InChI is InChI=1S/C9H12ClNS/c10-9-4-2-1-3-8(9)7(5-11)6-12/h1-4,7,12H,5-6,11H2. The summed E-state index contributed by atoms with van der Waals surface area (Å²) in [5.74, 6) is 1.00. The van der Waals surface area contributed by atoms with Gasteiger partial charge >= 0.3 is 0 Å². The van der Waals surface area contributed by atoms with Crippen LogP contribution in [0.15, 0.2) is 24.3 Å². The van der Waals surface area contributed by atoms with Gasteiger partial charge in [0.2, 0.25) is 0 Å². The Kier molecular flexibility index (Phi) is 3.92. The summed E-state index contributed by atoms with van der Waals surface area (Å²) in [6.45, 7) is 0.591. The van der Waals surface area contributed by atoms with Crippen LogP contribution in [0.25, 0.3) is 0 Å². The highest BCUT2D eigenvalue weighted by Gasteiger charge is 2.09. The minimum atomic E-state index is 0.266. The van der Waals surface area contributed by atoms with Gasteiger partial charge < -0.3 is 5.73 Å². The molecule has 0 fully saturated rings. The highest BCUT2D eigenvalue weighted by Crippen LogP contribution is 2.24. The third kappa shape index (κ3) is 2.16. The molecule has 1 unspecified atom stereocenters. The van der Waals surface area contributed by atoms with E-state index in [1.54, 1.807) is 0 Å². The number of hydrogen-bond acceptors (Lipinski definition) is 2. The van der Waals surface area contributed by atoms with Crippen LogP contribution in [0.1, 0.15) is 11.5 Å². The fourth-order valence-corrected chi connectivity index (χ4v) is 1.74. The second kappa shape index (κ2) is 4.75. The van der Waals surface area contributed by atoms with Crippen molar-refractivity contribution in [3.8, 4) is 0 Å². The summed E-state index contributed by atoms with van der Waals surface area (Å²) >= 11 is 10.2. The number of halogens is 1. The quantitative estimate of drug-likeness (QED) is 0.722. The van der Waals surface area contributed by atoms with Crippen LogP contribution in [0.3, 0.4) is 0 Å². The number of benzene rings is 1. The molecule has 0 amide bonds. The maximum absolute atomic E-state index is 5.99. The van der Waals surface area contributed by atoms with Gasteiger partial charge in [-0.15, -0.1) is 0 Å². The molecule has 1 aromatic rings. The van der Waals surface area contributed by atoms with Crippen LogP contribution in [0.2, 0.25) is 5.02 Å². The molecule has 12 heavy (non-hydrogen) atoms. The summed E-state index contributed by atoms with van der Waals surface area (Å²) in [5.41, 5.74) is 6.67. The van der Waals surface area contributed by atoms with Gasteiger partial charge in [0.25, 0.3) is 0 Å².